The summed E-state index contributed by atoms with van der Waals surface area (Å²) >= 11 is 3.39. The van der Waals surface area contributed by atoms with Crippen LogP contribution in [0.2, 0.25) is 0 Å². The number of nitrogens with one attached hydrogen (secondary N) is 1. The first-order valence-corrected chi connectivity index (χ1v) is 7.23. The molecule has 3 nitrogen and oxygen atoms in total. The fraction of sp³-hybridized carbons (Fsp3) is 0.188. The van der Waals surface area contributed by atoms with Crippen LogP contribution in [0.5, 0.6) is 0 Å². The molecule has 4 heteroatoms. The minimum Gasteiger partial charge on any atom is -0.464 e. The first kappa shape index (κ1) is 14.6. The molecule has 0 bridgehead atoms. The van der Waals surface area contributed by atoms with Crippen molar-refractivity contribution in [1.29, 1.82) is 0 Å². The molecule has 0 fully saturated rings. The zero-order chi connectivity index (χ0) is 14.4. The zero-order valence-corrected chi connectivity index (χ0v) is 12.8. The number of halogens is 1. The Kier molecular flexibility index (Phi) is 5.18. The molecule has 2 aromatic carbocycles. The molecule has 0 aliphatic carbocycles. The van der Waals surface area contributed by atoms with Crippen LogP contribution in [-0.4, -0.2) is 12.6 Å². The molecule has 2 aromatic rings. The Morgan fingerprint density at radius 3 is 2.40 bits per heavy atom. The predicted octanol–water partition coefficient (Wildman–Crippen LogP) is 4.17. The van der Waals surface area contributed by atoms with Gasteiger partial charge < -0.3 is 10.1 Å². The van der Waals surface area contributed by atoms with Crippen molar-refractivity contribution in [2.24, 2.45) is 0 Å². The molecule has 0 spiro atoms. The largest absolute Gasteiger partial charge is 0.464 e. The van der Waals surface area contributed by atoms with E-state index >= 15 is 0 Å². The van der Waals surface area contributed by atoms with E-state index in [2.05, 4.69) is 21.2 Å². The molecular weight excluding hydrogens is 318 g/mol. The van der Waals surface area contributed by atoms with Crippen molar-refractivity contribution >= 4 is 27.6 Å². The number of ether oxygens (including phenoxy) is 1. The van der Waals surface area contributed by atoms with E-state index in [1.54, 1.807) is 6.92 Å². The number of anilines is 1. The molecule has 0 radical (unpaired) electrons. The van der Waals surface area contributed by atoms with E-state index < -0.39 is 6.04 Å². The third kappa shape index (κ3) is 3.84. The molecular formula is C16H16BrNO2. The van der Waals surface area contributed by atoms with Gasteiger partial charge in [-0.25, -0.2) is 4.79 Å². The van der Waals surface area contributed by atoms with Gasteiger partial charge in [0.2, 0.25) is 0 Å². The molecule has 0 saturated carbocycles. The summed E-state index contributed by atoms with van der Waals surface area (Å²) in [5.41, 5.74) is 1.75. The van der Waals surface area contributed by atoms with Crippen molar-refractivity contribution in [3.63, 3.8) is 0 Å². The van der Waals surface area contributed by atoms with Crippen LogP contribution in [0.25, 0.3) is 0 Å². The second-order valence-electron chi connectivity index (χ2n) is 4.25. The van der Waals surface area contributed by atoms with Crippen LogP contribution < -0.4 is 5.32 Å². The van der Waals surface area contributed by atoms with Crippen LogP contribution >= 0.6 is 15.9 Å². The second kappa shape index (κ2) is 7.10. The van der Waals surface area contributed by atoms with Crippen LogP contribution in [0.1, 0.15) is 18.5 Å². The van der Waals surface area contributed by atoms with Gasteiger partial charge in [-0.3, -0.25) is 0 Å². The number of esters is 1. The van der Waals surface area contributed by atoms with Crippen LogP contribution in [0.15, 0.2) is 59.1 Å². The Bertz CT molecular complexity index is 554. The van der Waals surface area contributed by atoms with Gasteiger partial charge in [-0.2, -0.15) is 0 Å². The highest BCUT2D eigenvalue weighted by molar-refractivity contribution is 9.10. The Morgan fingerprint density at radius 2 is 1.80 bits per heavy atom. The Labute approximate surface area is 127 Å². The van der Waals surface area contributed by atoms with Crippen molar-refractivity contribution in [3.05, 3.63) is 64.6 Å². The van der Waals surface area contributed by atoms with Gasteiger partial charge in [-0.15, -0.1) is 0 Å². The van der Waals surface area contributed by atoms with Crippen molar-refractivity contribution in [2.75, 3.05) is 11.9 Å². The molecule has 1 atom stereocenters. The average molecular weight is 334 g/mol. The molecule has 0 saturated heterocycles. The van der Waals surface area contributed by atoms with Crippen LogP contribution in [0.3, 0.4) is 0 Å². The van der Waals surface area contributed by atoms with Gasteiger partial charge in [0.25, 0.3) is 0 Å². The third-order valence-corrected chi connectivity index (χ3v) is 3.34. The average Bonchev–Trinajstić information content (AvgIpc) is 2.48. The highest BCUT2D eigenvalue weighted by Crippen LogP contribution is 2.22. The normalized spacial score (nSPS) is 11.7. The molecule has 0 aliphatic rings. The summed E-state index contributed by atoms with van der Waals surface area (Å²) < 4.78 is 6.14. The summed E-state index contributed by atoms with van der Waals surface area (Å²) in [6.45, 7) is 2.17. The van der Waals surface area contributed by atoms with Gasteiger partial charge in [0.1, 0.15) is 0 Å². The summed E-state index contributed by atoms with van der Waals surface area (Å²) in [7, 11) is 0. The number of rotatable bonds is 5. The smallest absolute Gasteiger partial charge is 0.333 e. The lowest BCUT2D eigenvalue weighted by Gasteiger charge is -2.18. The SMILES string of the molecule is CCOC(=O)C(Nc1ccc(Br)cc1)c1ccccc1. The van der Waals surface area contributed by atoms with E-state index in [1.165, 1.54) is 0 Å². The van der Waals surface area contributed by atoms with E-state index in [9.17, 15) is 4.79 Å². The Hall–Kier alpha value is -1.81. The molecule has 2 rings (SSSR count). The minimum absolute atomic E-state index is 0.276. The summed E-state index contributed by atoms with van der Waals surface area (Å²) in [4.78, 5) is 12.1. The second-order valence-corrected chi connectivity index (χ2v) is 5.16. The van der Waals surface area contributed by atoms with Gasteiger partial charge in [0, 0.05) is 10.2 Å². The lowest BCUT2D eigenvalue weighted by molar-refractivity contribution is -0.144. The number of hydrogen-bond donors (Lipinski definition) is 1. The van der Waals surface area contributed by atoms with Crippen molar-refractivity contribution in [3.8, 4) is 0 Å². The molecule has 0 aliphatic heterocycles. The van der Waals surface area contributed by atoms with Crippen LogP contribution in [0, 0.1) is 0 Å². The molecule has 0 amide bonds. The fourth-order valence-electron chi connectivity index (χ4n) is 1.86. The summed E-state index contributed by atoms with van der Waals surface area (Å²) in [5, 5.41) is 3.21. The molecule has 1 unspecified atom stereocenters. The van der Waals surface area contributed by atoms with Gasteiger partial charge in [0.15, 0.2) is 6.04 Å². The van der Waals surface area contributed by atoms with E-state index in [0.29, 0.717) is 6.61 Å². The third-order valence-electron chi connectivity index (χ3n) is 2.81. The van der Waals surface area contributed by atoms with Crippen molar-refractivity contribution in [1.82, 2.24) is 0 Å². The highest BCUT2D eigenvalue weighted by atomic mass is 79.9. The summed E-state index contributed by atoms with van der Waals surface area (Å²) in [6.07, 6.45) is 0. The quantitative estimate of drug-likeness (QED) is 0.834. The minimum atomic E-state index is -0.502. The standard InChI is InChI=1S/C16H16BrNO2/c1-2-20-16(19)15(12-6-4-3-5-7-12)18-14-10-8-13(17)9-11-14/h3-11,15,18H,2H2,1H3. The first-order valence-electron chi connectivity index (χ1n) is 6.44. The number of hydrogen-bond acceptors (Lipinski definition) is 3. The summed E-state index contributed by atoms with van der Waals surface area (Å²) in [6, 6.07) is 16.7. The first-order chi connectivity index (χ1) is 9.70. The predicted molar refractivity (Wildman–Crippen MR) is 83.6 cm³/mol. The molecule has 1 N–H and O–H groups in total. The highest BCUT2D eigenvalue weighted by Gasteiger charge is 2.21. The Balaban J connectivity index is 2.23. The maximum Gasteiger partial charge on any atom is 0.333 e. The van der Waals surface area contributed by atoms with E-state index in [1.807, 2.05) is 54.6 Å². The van der Waals surface area contributed by atoms with Crippen LogP contribution in [-0.2, 0) is 9.53 Å². The van der Waals surface area contributed by atoms with Crippen LogP contribution in [0.4, 0.5) is 5.69 Å². The topological polar surface area (TPSA) is 38.3 Å². The van der Waals surface area contributed by atoms with Gasteiger partial charge in [-0.05, 0) is 36.8 Å². The lowest BCUT2D eigenvalue weighted by Crippen LogP contribution is -2.23. The maximum absolute atomic E-state index is 12.1. The van der Waals surface area contributed by atoms with Gasteiger partial charge in [-0.1, -0.05) is 46.3 Å². The number of carbonyl (C=O) groups excluding carboxylic acids is 1. The van der Waals surface area contributed by atoms with E-state index in [0.717, 1.165) is 15.7 Å². The van der Waals surface area contributed by atoms with E-state index in [-0.39, 0.29) is 5.97 Å². The zero-order valence-electron chi connectivity index (χ0n) is 11.2. The maximum atomic E-state index is 12.1. The van der Waals surface area contributed by atoms with Gasteiger partial charge in [0.05, 0.1) is 6.61 Å². The fourth-order valence-corrected chi connectivity index (χ4v) is 2.13. The number of benzene rings is 2. The number of carbonyl (C=O) groups is 1. The molecule has 104 valence electrons. The van der Waals surface area contributed by atoms with Crippen molar-refractivity contribution in [2.45, 2.75) is 13.0 Å². The molecule has 0 aromatic heterocycles. The van der Waals surface area contributed by atoms with Crippen molar-refractivity contribution < 1.29 is 9.53 Å². The monoisotopic (exact) mass is 333 g/mol. The molecule has 0 heterocycles. The van der Waals surface area contributed by atoms with E-state index in [4.69, 9.17) is 4.74 Å². The summed E-state index contributed by atoms with van der Waals surface area (Å²) in [5.74, 6) is -0.276. The molecule has 20 heavy (non-hydrogen) atoms. The lowest BCUT2D eigenvalue weighted by atomic mass is 10.1. The van der Waals surface area contributed by atoms with Gasteiger partial charge >= 0.3 is 5.97 Å². The Morgan fingerprint density at radius 1 is 1.15 bits per heavy atom.